The number of hydrogen-bond donors (Lipinski definition) is 1. The number of unbranched alkanes of at least 4 members (excludes halogenated alkanes) is 2. The largest absolute Gasteiger partial charge is 0.496 e. The highest BCUT2D eigenvalue weighted by atomic mass is 16.6. The molecule has 0 unspecified atom stereocenters. The van der Waals surface area contributed by atoms with Gasteiger partial charge in [0.25, 0.3) is 0 Å². The SMILES string of the molecule is CCCCCC(=O)Nc1ccc(C(=O)COc2ccc(OC)cc2[N+](=O)[O-])cc1. The van der Waals surface area contributed by atoms with Crippen molar-refractivity contribution in [1.82, 2.24) is 0 Å². The highest BCUT2D eigenvalue weighted by molar-refractivity contribution is 5.98. The van der Waals surface area contributed by atoms with Gasteiger partial charge >= 0.3 is 5.69 Å². The Morgan fingerprint density at radius 1 is 1.10 bits per heavy atom. The molecule has 29 heavy (non-hydrogen) atoms. The number of nitrogens with one attached hydrogen (secondary N) is 1. The van der Waals surface area contributed by atoms with Gasteiger partial charge in [0, 0.05) is 17.7 Å². The number of carbonyl (C=O) groups excluding carboxylic acids is 2. The van der Waals surface area contributed by atoms with Gasteiger partial charge < -0.3 is 14.8 Å². The van der Waals surface area contributed by atoms with Crippen LogP contribution >= 0.6 is 0 Å². The average molecular weight is 400 g/mol. The fourth-order valence-electron chi connectivity index (χ4n) is 2.61. The summed E-state index contributed by atoms with van der Waals surface area (Å²) in [7, 11) is 1.40. The maximum atomic E-state index is 12.3. The van der Waals surface area contributed by atoms with Crippen LogP contribution in [0.25, 0.3) is 0 Å². The molecule has 0 spiro atoms. The molecule has 0 heterocycles. The second-order valence-corrected chi connectivity index (χ2v) is 6.39. The first-order valence-electron chi connectivity index (χ1n) is 9.33. The molecule has 8 heteroatoms. The zero-order chi connectivity index (χ0) is 21.2. The maximum absolute atomic E-state index is 12.3. The van der Waals surface area contributed by atoms with E-state index in [1.807, 2.05) is 0 Å². The van der Waals surface area contributed by atoms with Gasteiger partial charge in [-0.05, 0) is 42.8 Å². The molecular formula is C21H24N2O6. The van der Waals surface area contributed by atoms with E-state index >= 15 is 0 Å². The minimum absolute atomic E-state index is 0.0138. The van der Waals surface area contributed by atoms with Gasteiger partial charge in [-0.25, -0.2) is 0 Å². The normalized spacial score (nSPS) is 10.3. The molecule has 8 nitrogen and oxygen atoms in total. The maximum Gasteiger partial charge on any atom is 0.314 e. The van der Waals surface area contributed by atoms with E-state index in [-0.39, 0.29) is 29.7 Å². The van der Waals surface area contributed by atoms with Gasteiger partial charge in [-0.3, -0.25) is 19.7 Å². The van der Waals surface area contributed by atoms with Gasteiger partial charge in [0.05, 0.1) is 18.1 Å². The van der Waals surface area contributed by atoms with Crippen LogP contribution in [0, 0.1) is 10.1 Å². The van der Waals surface area contributed by atoms with Crippen LogP contribution in [-0.4, -0.2) is 30.3 Å². The minimum Gasteiger partial charge on any atom is -0.496 e. The summed E-state index contributed by atoms with van der Waals surface area (Å²) in [6, 6.07) is 10.6. The zero-order valence-electron chi connectivity index (χ0n) is 16.5. The number of carbonyl (C=O) groups is 2. The fourth-order valence-corrected chi connectivity index (χ4v) is 2.61. The summed E-state index contributed by atoms with van der Waals surface area (Å²) in [5.41, 5.74) is 0.707. The predicted octanol–water partition coefficient (Wildman–Crippen LogP) is 4.38. The van der Waals surface area contributed by atoms with Crippen LogP contribution in [0.5, 0.6) is 11.5 Å². The van der Waals surface area contributed by atoms with E-state index in [1.165, 1.54) is 25.3 Å². The third kappa shape index (κ3) is 6.60. The molecule has 0 saturated carbocycles. The molecule has 0 aromatic heterocycles. The van der Waals surface area contributed by atoms with Crippen molar-refractivity contribution in [2.75, 3.05) is 19.0 Å². The van der Waals surface area contributed by atoms with Gasteiger partial charge in [-0.2, -0.15) is 0 Å². The van der Waals surface area contributed by atoms with Crippen molar-refractivity contribution in [3.05, 3.63) is 58.1 Å². The van der Waals surface area contributed by atoms with Crippen LogP contribution in [-0.2, 0) is 4.79 Å². The molecule has 154 valence electrons. The third-order valence-corrected chi connectivity index (χ3v) is 4.22. The quantitative estimate of drug-likeness (QED) is 0.259. The lowest BCUT2D eigenvalue weighted by Gasteiger charge is -2.09. The number of benzene rings is 2. The smallest absolute Gasteiger partial charge is 0.314 e. The number of hydrogen-bond acceptors (Lipinski definition) is 6. The van der Waals surface area contributed by atoms with E-state index in [1.54, 1.807) is 24.3 Å². The summed E-state index contributed by atoms with van der Waals surface area (Å²) in [5, 5.41) is 14.0. The number of methoxy groups -OCH3 is 1. The summed E-state index contributed by atoms with van der Waals surface area (Å²) < 4.78 is 10.3. The Morgan fingerprint density at radius 2 is 1.83 bits per heavy atom. The number of amides is 1. The zero-order valence-corrected chi connectivity index (χ0v) is 16.5. The molecule has 0 aliphatic carbocycles. The van der Waals surface area contributed by atoms with Gasteiger partial charge in [0.2, 0.25) is 5.91 Å². The Balaban J connectivity index is 1.94. The molecular weight excluding hydrogens is 376 g/mol. The summed E-state index contributed by atoms with van der Waals surface area (Å²) in [6.07, 6.45) is 3.36. The van der Waals surface area contributed by atoms with Crippen LogP contribution in [0.1, 0.15) is 43.0 Å². The molecule has 1 amide bonds. The number of nitrogens with zero attached hydrogens (tertiary/aromatic N) is 1. The van der Waals surface area contributed by atoms with Gasteiger partial charge in [0.1, 0.15) is 5.75 Å². The van der Waals surface area contributed by atoms with E-state index < -0.39 is 4.92 Å². The van der Waals surface area contributed by atoms with Crippen molar-refractivity contribution in [1.29, 1.82) is 0 Å². The second kappa shape index (κ2) is 10.8. The molecule has 2 aromatic rings. The standard InChI is InChI=1S/C21H24N2O6/c1-3-4-5-6-21(25)22-16-9-7-15(8-10-16)19(24)14-29-20-12-11-17(28-2)13-18(20)23(26)27/h7-13H,3-6,14H2,1-2H3,(H,22,25). The van der Waals surface area contributed by atoms with E-state index in [9.17, 15) is 19.7 Å². The minimum atomic E-state index is -0.597. The Hall–Kier alpha value is -3.42. The molecule has 2 rings (SSSR count). The number of nitro groups is 1. The number of rotatable bonds is 11. The highest BCUT2D eigenvalue weighted by Crippen LogP contribution is 2.31. The second-order valence-electron chi connectivity index (χ2n) is 6.39. The molecule has 0 fully saturated rings. The first-order valence-corrected chi connectivity index (χ1v) is 9.33. The van der Waals surface area contributed by atoms with E-state index in [2.05, 4.69) is 12.2 Å². The van der Waals surface area contributed by atoms with E-state index in [0.717, 1.165) is 19.3 Å². The Bertz CT molecular complexity index is 864. The lowest BCUT2D eigenvalue weighted by atomic mass is 10.1. The lowest BCUT2D eigenvalue weighted by Crippen LogP contribution is -2.13. The van der Waals surface area contributed by atoms with Crippen LogP contribution in [0.4, 0.5) is 11.4 Å². The van der Waals surface area contributed by atoms with Crippen molar-refractivity contribution in [3.63, 3.8) is 0 Å². The monoisotopic (exact) mass is 400 g/mol. The Kier molecular flexibility index (Phi) is 8.14. The predicted molar refractivity (Wildman–Crippen MR) is 109 cm³/mol. The molecule has 0 atom stereocenters. The van der Waals surface area contributed by atoms with Crippen LogP contribution < -0.4 is 14.8 Å². The molecule has 0 saturated heterocycles. The van der Waals surface area contributed by atoms with Crippen LogP contribution in [0.3, 0.4) is 0 Å². The Morgan fingerprint density at radius 3 is 2.45 bits per heavy atom. The number of Topliss-reactive ketones (excluding diaryl/α,β-unsaturated/α-hetero) is 1. The van der Waals surface area contributed by atoms with Crippen molar-refractivity contribution in [2.24, 2.45) is 0 Å². The van der Waals surface area contributed by atoms with E-state index in [4.69, 9.17) is 9.47 Å². The summed E-state index contributed by atoms with van der Waals surface area (Å²) in [4.78, 5) is 34.7. The summed E-state index contributed by atoms with van der Waals surface area (Å²) in [6.45, 7) is 1.72. The topological polar surface area (TPSA) is 108 Å². The average Bonchev–Trinajstić information content (AvgIpc) is 2.72. The van der Waals surface area contributed by atoms with Gasteiger partial charge in [-0.15, -0.1) is 0 Å². The molecule has 0 aliphatic rings. The van der Waals surface area contributed by atoms with Crippen molar-refractivity contribution in [3.8, 4) is 11.5 Å². The summed E-state index contributed by atoms with van der Waals surface area (Å²) in [5.74, 6) is -0.0913. The van der Waals surface area contributed by atoms with Crippen molar-refractivity contribution in [2.45, 2.75) is 32.6 Å². The Labute approximate surface area is 169 Å². The first-order chi connectivity index (χ1) is 13.9. The first kappa shape index (κ1) is 21.9. The number of ether oxygens (including phenoxy) is 2. The fraction of sp³-hybridized carbons (Fsp3) is 0.333. The number of anilines is 1. The molecule has 0 bridgehead atoms. The van der Waals surface area contributed by atoms with Crippen molar-refractivity contribution < 1.29 is 24.0 Å². The van der Waals surface area contributed by atoms with Crippen LogP contribution in [0.15, 0.2) is 42.5 Å². The molecule has 0 aliphatic heterocycles. The third-order valence-electron chi connectivity index (χ3n) is 4.22. The van der Waals surface area contributed by atoms with Gasteiger partial charge in [0.15, 0.2) is 18.1 Å². The van der Waals surface area contributed by atoms with E-state index in [0.29, 0.717) is 23.4 Å². The highest BCUT2D eigenvalue weighted by Gasteiger charge is 2.18. The summed E-state index contributed by atoms with van der Waals surface area (Å²) >= 11 is 0. The van der Waals surface area contributed by atoms with Crippen LogP contribution in [0.2, 0.25) is 0 Å². The molecule has 2 aromatic carbocycles. The van der Waals surface area contributed by atoms with Gasteiger partial charge in [-0.1, -0.05) is 19.8 Å². The molecule has 0 radical (unpaired) electrons. The number of nitro benzene ring substituents is 1. The number of ketones is 1. The lowest BCUT2D eigenvalue weighted by molar-refractivity contribution is -0.385. The van der Waals surface area contributed by atoms with Crippen molar-refractivity contribution >= 4 is 23.1 Å². The molecule has 1 N–H and O–H groups in total.